The van der Waals surface area contributed by atoms with Gasteiger partial charge in [-0.25, -0.2) is 9.97 Å². The van der Waals surface area contributed by atoms with Crippen LogP contribution in [0.5, 0.6) is 5.75 Å². The fraction of sp³-hybridized carbons (Fsp3) is 0.267. The van der Waals surface area contributed by atoms with E-state index in [1.807, 2.05) is 13.0 Å². The van der Waals surface area contributed by atoms with Crippen molar-refractivity contribution < 1.29 is 9.53 Å². The fourth-order valence-corrected chi connectivity index (χ4v) is 1.99. The Hall–Kier alpha value is -2.34. The van der Waals surface area contributed by atoms with Gasteiger partial charge in [-0.15, -0.1) is 0 Å². The summed E-state index contributed by atoms with van der Waals surface area (Å²) < 4.78 is 5.09. The van der Waals surface area contributed by atoms with Gasteiger partial charge in [0, 0.05) is 12.2 Å². The molecule has 1 aromatic carbocycles. The van der Waals surface area contributed by atoms with Crippen molar-refractivity contribution in [2.75, 3.05) is 19.0 Å². The Morgan fingerprint density at radius 2 is 2.14 bits per heavy atom. The lowest BCUT2D eigenvalue weighted by Gasteiger charge is -2.08. The van der Waals surface area contributed by atoms with Gasteiger partial charge in [-0.2, -0.15) is 0 Å². The van der Waals surface area contributed by atoms with Gasteiger partial charge in [0.25, 0.3) is 5.91 Å². The number of methoxy groups -OCH3 is 1. The fourth-order valence-electron chi connectivity index (χ4n) is 1.73. The van der Waals surface area contributed by atoms with E-state index >= 15 is 0 Å². The molecule has 0 atom stereocenters. The van der Waals surface area contributed by atoms with Crippen LogP contribution < -0.4 is 15.4 Å². The van der Waals surface area contributed by atoms with Gasteiger partial charge in [-0.05, 0) is 24.6 Å². The van der Waals surface area contributed by atoms with Crippen molar-refractivity contribution in [2.45, 2.75) is 13.3 Å². The Kier molecular flexibility index (Phi) is 5.55. The summed E-state index contributed by atoms with van der Waals surface area (Å²) in [5.74, 6) is 0.892. The topological polar surface area (TPSA) is 76.1 Å². The summed E-state index contributed by atoms with van der Waals surface area (Å²) in [6, 6.07) is 5.29. The Bertz CT molecular complexity index is 646. The zero-order valence-electron chi connectivity index (χ0n) is 12.4. The number of carbonyl (C=O) groups excluding carboxylic acids is 1. The van der Waals surface area contributed by atoms with Crippen LogP contribution in [0.1, 0.15) is 23.8 Å². The molecular formula is C15H17ClN4O2. The minimum absolute atomic E-state index is 0.228. The predicted octanol–water partition coefficient (Wildman–Crippen LogP) is 3.02. The van der Waals surface area contributed by atoms with Gasteiger partial charge >= 0.3 is 0 Å². The average molecular weight is 321 g/mol. The molecule has 0 radical (unpaired) electrons. The third-order valence-electron chi connectivity index (χ3n) is 2.84. The largest absolute Gasteiger partial charge is 0.495 e. The first-order chi connectivity index (χ1) is 10.6. The predicted molar refractivity (Wildman–Crippen MR) is 85.9 cm³/mol. The van der Waals surface area contributed by atoms with E-state index in [4.69, 9.17) is 16.3 Å². The van der Waals surface area contributed by atoms with E-state index in [-0.39, 0.29) is 11.6 Å². The molecule has 2 N–H and O–H groups in total. The van der Waals surface area contributed by atoms with Gasteiger partial charge in [0.05, 0.1) is 24.5 Å². The molecule has 0 fully saturated rings. The molecule has 0 unspecified atom stereocenters. The lowest BCUT2D eigenvalue weighted by molar-refractivity contribution is 0.0948. The first-order valence-electron chi connectivity index (χ1n) is 6.85. The molecule has 0 aliphatic rings. The van der Waals surface area contributed by atoms with Crippen LogP contribution in [0.25, 0.3) is 0 Å². The Morgan fingerprint density at radius 1 is 1.32 bits per heavy atom. The van der Waals surface area contributed by atoms with Crippen molar-refractivity contribution in [3.05, 3.63) is 41.3 Å². The van der Waals surface area contributed by atoms with Crippen molar-refractivity contribution in [1.82, 2.24) is 15.3 Å². The molecule has 0 saturated carbocycles. The Balaban J connectivity index is 2.05. The SMILES string of the molecule is CCCNC(=O)c1cnc(Nc2ccc(OC)c(Cl)c2)cn1. The number of rotatable bonds is 6. The highest BCUT2D eigenvalue weighted by molar-refractivity contribution is 6.32. The van der Waals surface area contributed by atoms with Gasteiger partial charge in [-0.3, -0.25) is 4.79 Å². The van der Waals surface area contributed by atoms with Crippen LogP contribution in [0.15, 0.2) is 30.6 Å². The Morgan fingerprint density at radius 3 is 2.73 bits per heavy atom. The van der Waals surface area contributed by atoms with Gasteiger partial charge in [-0.1, -0.05) is 18.5 Å². The highest BCUT2D eigenvalue weighted by Crippen LogP contribution is 2.28. The smallest absolute Gasteiger partial charge is 0.271 e. The number of hydrogen-bond donors (Lipinski definition) is 2. The first-order valence-corrected chi connectivity index (χ1v) is 7.22. The molecule has 6 nitrogen and oxygen atoms in total. The van der Waals surface area contributed by atoms with Crippen LogP contribution in [0, 0.1) is 0 Å². The molecule has 22 heavy (non-hydrogen) atoms. The van der Waals surface area contributed by atoms with Crippen LogP contribution in [0.2, 0.25) is 5.02 Å². The second-order valence-corrected chi connectivity index (χ2v) is 4.92. The summed E-state index contributed by atoms with van der Waals surface area (Å²) in [4.78, 5) is 20.0. The summed E-state index contributed by atoms with van der Waals surface area (Å²) in [5, 5.41) is 6.30. The van der Waals surface area contributed by atoms with E-state index in [9.17, 15) is 4.79 Å². The number of hydrogen-bond acceptors (Lipinski definition) is 5. The summed E-state index contributed by atoms with van der Waals surface area (Å²) >= 11 is 6.06. The quantitative estimate of drug-likeness (QED) is 0.855. The van der Waals surface area contributed by atoms with E-state index in [0.29, 0.717) is 23.1 Å². The van der Waals surface area contributed by atoms with Crippen LogP contribution in [0.4, 0.5) is 11.5 Å². The molecule has 2 aromatic rings. The molecule has 0 aliphatic heterocycles. The van der Waals surface area contributed by atoms with E-state index in [0.717, 1.165) is 12.1 Å². The van der Waals surface area contributed by atoms with E-state index in [2.05, 4.69) is 20.6 Å². The number of anilines is 2. The van der Waals surface area contributed by atoms with Crippen LogP contribution >= 0.6 is 11.6 Å². The normalized spacial score (nSPS) is 10.1. The molecule has 1 aromatic heterocycles. The standard InChI is InChI=1S/C15H17ClN4O2/c1-3-6-17-15(21)12-8-19-14(9-18-12)20-10-4-5-13(22-2)11(16)7-10/h4-5,7-9H,3,6H2,1-2H3,(H,17,21)(H,19,20). The van der Waals surface area contributed by atoms with E-state index < -0.39 is 0 Å². The molecule has 0 saturated heterocycles. The maximum Gasteiger partial charge on any atom is 0.271 e. The summed E-state index contributed by atoms with van der Waals surface area (Å²) in [6.07, 6.45) is 3.80. The van der Waals surface area contributed by atoms with Crippen LogP contribution in [-0.2, 0) is 0 Å². The highest BCUT2D eigenvalue weighted by atomic mass is 35.5. The maximum absolute atomic E-state index is 11.7. The van der Waals surface area contributed by atoms with Crippen molar-refractivity contribution >= 4 is 29.0 Å². The number of aromatic nitrogens is 2. The third-order valence-corrected chi connectivity index (χ3v) is 3.14. The van der Waals surface area contributed by atoms with Crippen LogP contribution in [0.3, 0.4) is 0 Å². The zero-order chi connectivity index (χ0) is 15.9. The monoisotopic (exact) mass is 320 g/mol. The highest BCUT2D eigenvalue weighted by Gasteiger charge is 2.07. The van der Waals surface area contributed by atoms with Gasteiger partial charge in [0.1, 0.15) is 17.3 Å². The van der Waals surface area contributed by atoms with E-state index in [1.165, 1.54) is 12.4 Å². The summed E-state index contributed by atoms with van der Waals surface area (Å²) in [7, 11) is 1.56. The number of amides is 1. The average Bonchev–Trinajstić information content (AvgIpc) is 2.53. The lowest BCUT2D eigenvalue weighted by atomic mass is 10.3. The molecule has 0 spiro atoms. The van der Waals surface area contributed by atoms with Crippen molar-refractivity contribution in [2.24, 2.45) is 0 Å². The van der Waals surface area contributed by atoms with Crippen molar-refractivity contribution in [1.29, 1.82) is 0 Å². The minimum Gasteiger partial charge on any atom is -0.495 e. The minimum atomic E-state index is -0.228. The van der Waals surface area contributed by atoms with Gasteiger partial charge in [0.15, 0.2) is 0 Å². The molecular weight excluding hydrogens is 304 g/mol. The molecule has 0 aliphatic carbocycles. The number of halogens is 1. The molecule has 7 heteroatoms. The first kappa shape index (κ1) is 16.0. The van der Waals surface area contributed by atoms with Crippen LogP contribution in [-0.4, -0.2) is 29.5 Å². The zero-order valence-corrected chi connectivity index (χ0v) is 13.1. The molecule has 116 valence electrons. The summed E-state index contributed by atoms with van der Waals surface area (Å²) in [5.41, 5.74) is 1.04. The number of nitrogens with one attached hydrogen (secondary N) is 2. The number of benzene rings is 1. The van der Waals surface area contributed by atoms with E-state index in [1.54, 1.807) is 19.2 Å². The second-order valence-electron chi connectivity index (χ2n) is 4.52. The maximum atomic E-state index is 11.7. The second kappa shape index (κ2) is 7.61. The molecule has 1 heterocycles. The number of ether oxygens (including phenoxy) is 1. The number of nitrogens with zero attached hydrogens (tertiary/aromatic N) is 2. The van der Waals surface area contributed by atoms with Gasteiger partial charge in [0.2, 0.25) is 0 Å². The lowest BCUT2D eigenvalue weighted by Crippen LogP contribution is -2.25. The number of carbonyl (C=O) groups is 1. The Labute approximate surface area is 133 Å². The van der Waals surface area contributed by atoms with Crippen molar-refractivity contribution in [3.8, 4) is 5.75 Å². The molecule has 0 bridgehead atoms. The molecule has 1 amide bonds. The molecule has 2 rings (SSSR count). The van der Waals surface area contributed by atoms with Crippen molar-refractivity contribution in [3.63, 3.8) is 0 Å². The van der Waals surface area contributed by atoms with Gasteiger partial charge < -0.3 is 15.4 Å². The summed E-state index contributed by atoms with van der Waals surface area (Å²) in [6.45, 7) is 2.60. The third kappa shape index (κ3) is 4.08.